The molecule has 5 rings (SSSR count). The van der Waals surface area contributed by atoms with Crippen LogP contribution in [0, 0.1) is 0 Å². The normalized spacial score (nSPS) is 16.2. The smallest absolute Gasteiger partial charge is 0.141 e. The van der Waals surface area contributed by atoms with Crippen molar-refractivity contribution in [3.63, 3.8) is 0 Å². The number of rotatable bonds is 5. The van der Waals surface area contributed by atoms with Crippen molar-refractivity contribution in [2.75, 3.05) is 6.61 Å². The maximum atomic E-state index is 5.61. The van der Waals surface area contributed by atoms with Crippen LogP contribution in [-0.2, 0) is 10.3 Å². The highest BCUT2D eigenvalue weighted by atomic mass is 16.6. The molecule has 2 heterocycles. The van der Waals surface area contributed by atoms with Crippen molar-refractivity contribution in [3.8, 4) is 0 Å². The lowest BCUT2D eigenvalue weighted by molar-refractivity contribution is 0.384. The Labute approximate surface area is 158 Å². The number of aromatic nitrogens is 2. The van der Waals surface area contributed by atoms with E-state index in [1.165, 1.54) is 16.7 Å². The van der Waals surface area contributed by atoms with Crippen molar-refractivity contribution >= 4 is 0 Å². The highest BCUT2D eigenvalue weighted by Crippen LogP contribution is 2.43. The van der Waals surface area contributed by atoms with E-state index in [1.807, 2.05) is 6.20 Å². The number of hydrogen-bond acceptors (Lipinski definition) is 2. The number of benzene rings is 3. The Hall–Kier alpha value is -3.17. The maximum Gasteiger partial charge on any atom is 0.141 e. The van der Waals surface area contributed by atoms with Crippen molar-refractivity contribution in [3.05, 3.63) is 126 Å². The first kappa shape index (κ1) is 16.0. The maximum absolute atomic E-state index is 5.61. The highest BCUT2D eigenvalue weighted by Gasteiger charge is 2.42. The van der Waals surface area contributed by atoms with Crippen molar-refractivity contribution in [1.82, 2.24) is 9.55 Å². The van der Waals surface area contributed by atoms with Gasteiger partial charge in [0, 0.05) is 12.4 Å². The van der Waals surface area contributed by atoms with E-state index in [0.29, 0.717) is 0 Å². The molecule has 1 aromatic heterocycles. The molecule has 4 aromatic rings. The zero-order valence-corrected chi connectivity index (χ0v) is 14.9. The Morgan fingerprint density at radius 1 is 0.741 bits per heavy atom. The number of epoxide rings is 1. The molecule has 3 nitrogen and oxygen atoms in total. The Morgan fingerprint density at radius 3 is 1.59 bits per heavy atom. The van der Waals surface area contributed by atoms with E-state index in [9.17, 15) is 0 Å². The molecule has 0 bridgehead atoms. The summed E-state index contributed by atoms with van der Waals surface area (Å²) in [4.78, 5) is 4.66. The van der Waals surface area contributed by atoms with Crippen LogP contribution in [0.1, 0.15) is 28.6 Å². The number of ether oxygens (including phenoxy) is 1. The van der Waals surface area contributed by atoms with E-state index in [1.54, 1.807) is 0 Å². The van der Waals surface area contributed by atoms with Crippen LogP contribution in [0.25, 0.3) is 0 Å². The summed E-state index contributed by atoms with van der Waals surface area (Å²) in [5.74, 6) is 0.964. The van der Waals surface area contributed by atoms with Gasteiger partial charge in [0.2, 0.25) is 0 Å². The molecular formula is C24H20N2O. The molecule has 1 aliphatic heterocycles. The van der Waals surface area contributed by atoms with Gasteiger partial charge in [-0.25, -0.2) is 4.98 Å². The standard InChI is InChI=1S/C24H20N2O/c1-4-10-19(11-5-1)24(20-12-6-2-7-13-20,21-14-8-3-9-15-21)26-17-16-25-23(26)22-18-27-22/h1-17,22H,18H2. The van der Waals surface area contributed by atoms with Gasteiger partial charge in [-0.15, -0.1) is 0 Å². The zero-order chi connectivity index (χ0) is 18.1. The van der Waals surface area contributed by atoms with Crippen LogP contribution in [0.2, 0.25) is 0 Å². The topological polar surface area (TPSA) is 30.4 Å². The van der Waals surface area contributed by atoms with Gasteiger partial charge in [0.05, 0.1) is 6.61 Å². The van der Waals surface area contributed by atoms with Gasteiger partial charge >= 0.3 is 0 Å². The lowest BCUT2D eigenvalue weighted by Crippen LogP contribution is -2.38. The van der Waals surface area contributed by atoms with Crippen LogP contribution in [0.15, 0.2) is 103 Å². The fourth-order valence-electron chi connectivity index (χ4n) is 3.99. The molecule has 0 amide bonds. The molecule has 0 radical (unpaired) electrons. The third-order valence-electron chi connectivity index (χ3n) is 5.23. The Balaban J connectivity index is 1.90. The zero-order valence-electron chi connectivity index (χ0n) is 14.9. The van der Waals surface area contributed by atoms with E-state index in [-0.39, 0.29) is 6.10 Å². The van der Waals surface area contributed by atoms with E-state index in [0.717, 1.165) is 12.4 Å². The summed E-state index contributed by atoms with van der Waals surface area (Å²) in [5, 5.41) is 0. The Morgan fingerprint density at radius 2 is 1.19 bits per heavy atom. The van der Waals surface area contributed by atoms with E-state index in [2.05, 4.69) is 107 Å². The molecule has 0 saturated carbocycles. The summed E-state index contributed by atoms with van der Waals surface area (Å²) in [6.45, 7) is 0.728. The second-order valence-corrected chi connectivity index (χ2v) is 6.79. The summed E-state index contributed by atoms with van der Waals surface area (Å²) in [5.41, 5.74) is 3.08. The number of imidazole rings is 1. The third-order valence-corrected chi connectivity index (χ3v) is 5.23. The first-order valence-electron chi connectivity index (χ1n) is 9.22. The second kappa shape index (κ2) is 6.53. The molecule has 1 unspecified atom stereocenters. The molecule has 1 aliphatic rings. The summed E-state index contributed by atoms with van der Waals surface area (Å²) >= 11 is 0. The molecule has 0 N–H and O–H groups in total. The summed E-state index contributed by atoms with van der Waals surface area (Å²) in [6.07, 6.45) is 4.01. The van der Waals surface area contributed by atoms with Crippen molar-refractivity contribution < 1.29 is 4.74 Å². The van der Waals surface area contributed by atoms with E-state index in [4.69, 9.17) is 4.74 Å². The van der Waals surface area contributed by atoms with E-state index >= 15 is 0 Å². The third kappa shape index (κ3) is 2.59. The molecule has 0 aliphatic carbocycles. The van der Waals surface area contributed by atoms with Crippen LogP contribution in [0.5, 0.6) is 0 Å². The summed E-state index contributed by atoms with van der Waals surface area (Å²) in [7, 11) is 0. The SMILES string of the molecule is c1ccc(C(c2ccccc2)(c2ccccc2)n2ccnc2C2CO2)cc1. The van der Waals surface area contributed by atoms with Gasteiger partial charge in [-0.1, -0.05) is 91.0 Å². The van der Waals surface area contributed by atoms with Gasteiger partial charge in [-0.05, 0) is 16.7 Å². The van der Waals surface area contributed by atoms with Crippen molar-refractivity contribution in [2.24, 2.45) is 0 Å². The molecule has 0 spiro atoms. The molecular weight excluding hydrogens is 332 g/mol. The van der Waals surface area contributed by atoms with Crippen LogP contribution < -0.4 is 0 Å². The van der Waals surface area contributed by atoms with Crippen LogP contribution in [0.4, 0.5) is 0 Å². The largest absolute Gasteiger partial charge is 0.365 e. The van der Waals surface area contributed by atoms with Crippen molar-refractivity contribution in [2.45, 2.75) is 11.6 Å². The predicted octanol–water partition coefficient (Wildman–Crippen LogP) is 4.79. The average molecular weight is 352 g/mol. The average Bonchev–Trinajstić information content (AvgIpc) is 3.48. The minimum absolute atomic E-state index is 0.0653. The Bertz CT molecular complexity index is 925. The number of hydrogen-bond donors (Lipinski definition) is 0. The molecule has 27 heavy (non-hydrogen) atoms. The quantitative estimate of drug-likeness (QED) is 0.382. The first-order chi connectivity index (χ1) is 13.4. The monoisotopic (exact) mass is 352 g/mol. The van der Waals surface area contributed by atoms with Gasteiger partial charge in [-0.2, -0.15) is 0 Å². The van der Waals surface area contributed by atoms with Gasteiger partial charge in [-0.3, -0.25) is 0 Å². The fraction of sp³-hybridized carbons (Fsp3) is 0.125. The molecule has 132 valence electrons. The van der Waals surface area contributed by atoms with Gasteiger partial charge in [0.15, 0.2) is 0 Å². The van der Waals surface area contributed by atoms with Crippen LogP contribution >= 0.6 is 0 Å². The molecule has 3 heteroatoms. The van der Waals surface area contributed by atoms with Crippen LogP contribution in [-0.4, -0.2) is 16.2 Å². The minimum Gasteiger partial charge on any atom is -0.365 e. The molecule has 1 fully saturated rings. The van der Waals surface area contributed by atoms with Gasteiger partial charge in [0.25, 0.3) is 0 Å². The summed E-state index contributed by atoms with van der Waals surface area (Å²) < 4.78 is 7.90. The second-order valence-electron chi connectivity index (χ2n) is 6.79. The number of nitrogens with zero attached hydrogens (tertiary/aromatic N) is 2. The lowest BCUT2D eigenvalue weighted by Gasteiger charge is -2.38. The first-order valence-corrected chi connectivity index (χ1v) is 9.22. The van der Waals surface area contributed by atoms with Crippen LogP contribution in [0.3, 0.4) is 0 Å². The van der Waals surface area contributed by atoms with Crippen molar-refractivity contribution in [1.29, 1.82) is 0 Å². The summed E-state index contributed by atoms with van der Waals surface area (Å²) in [6, 6.07) is 31.9. The minimum atomic E-state index is -0.512. The highest BCUT2D eigenvalue weighted by molar-refractivity contribution is 5.51. The lowest BCUT2D eigenvalue weighted by atomic mass is 9.76. The molecule has 1 saturated heterocycles. The predicted molar refractivity (Wildman–Crippen MR) is 106 cm³/mol. The molecule has 3 aromatic carbocycles. The fourth-order valence-corrected chi connectivity index (χ4v) is 3.99. The van der Waals surface area contributed by atoms with Gasteiger partial charge in [0.1, 0.15) is 17.5 Å². The molecule has 1 atom stereocenters. The Kier molecular flexibility index (Phi) is 3.88. The van der Waals surface area contributed by atoms with Gasteiger partial charge < -0.3 is 9.30 Å². The van der Waals surface area contributed by atoms with E-state index < -0.39 is 5.54 Å².